The monoisotopic (exact) mass is 380 g/mol. The van der Waals surface area contributed by atoms with Gasteiger partial charge in [0.15, 0.2) is 0 Å². The van der Waals surface area contributed by atoms with Crippen LogP contribution in [0.4, 0.5) is 0 Å². The number of carbonyl (C=O) groups is 1. The summed E-state index contributed by atoms with van der Waals surface area (Å²) in [6.45, 7) is 0. The highest BCUT2D eigenvalue weighted by molar-refractivity contribution is 9.10. The van der Waals surface area contributed by atoms with Crippen molar-refractivity contribution >= 4 is 39.7 Å². The molecule has 22 heavy (non-hydrogen) atoms. The van der Waals surface area contributed by atoms with Crippen LogP contribution in [0.1, 0.15) is 11.1 Å². The minimum absolute atomic E-state index is 0.189. The number of methoxy groups -OCH3 is 1. The molecular weight excluding hydrogens is 368 g/mol. The van der Waals surface area contributed by atoms with E-state index in [-0.39, 0.29) is 12.3 Å². The van der Waals surface area contributed by atoms with Crippen LogP contribution in [-0.4, -0.2) is 19.2 Å². The number of ether oxygens (including phenoxy) is 1. The van der Waals surface area contributed by atoms with Crippen LogP contribution in [0.5, 0.6) is 5.75 Å². The zero-order valence-electron chi connectivity index (χ0n) is 11.8. The molecule has 1 N–H and O–H groups in total. The Hall–Kier alpha value is -1.85. The maximum absolute atomic E-state index is 11.8. The molecule has 2 aromatic carbocycles. The summed E-state index contributed by atoms with van der Waals surface area (Å²) in [5.41, 5.74) is 4.22. The number of hydrazone groups is 1. The Bertz CT molecular complexity index is 687. The number of halogens is 2. The van der Waals surface area contributed by atoms with Gasteiger partial charge in [-0.25, -0.2) is 5.43 Å². The quantitative estimate of drug-likeness (QED) is 0.632. The highest BCUT2D eigenvalue weighted by atomic mass is 79.9. The number of nitrogens with one attached hydrogen (secondary N) is 1. The lowest BCUT2D eigenvalue weighted by molar-refractivity contribution is -0.120. The van der Waals surface area contributed by atoms with E-state index in [0.29, 0.717) is 5.02 Å². The first-order valence-corrected chi connectivity index (χ1v) is 7.65. The zero-order chi connectivity index (χ0) is 15.9. The third-order valence-electron chi connectivity index (χ3n) is 2.86. The second-order valence-electron chi connectivity index (χ2n) is 4.49. The molecule has 114 valence electrons. The van der Waals surface area contributed by atoms with Crippen molar-refractivity contribution in [3.05, 3.63) is 63.1 Å². The molecule has 0 fully saturated rings. The van der Waals surface area contributed by atoms with E-state index < -0.39 is 0 Å². The van der Waals surface area contributed by atoms with Gasteiger partial charge in [0.05, 0.1) is 24.2 Å². The Labute approximate surface area is 142 Å². The van der Waals surface area contributed by atoms with Gasteiger partial charge in [0.2, 0.25) is 5.91 Å². The predicted molar refractivity (Wildman–Crippen MR) is 91.6 cm³/mol. The van der Waals surface area contributed by atoms with Gasteiger partial charge in [0.25, 0.3) is 0 Å². The molecule has 0 saturated heterocycles. The van der Waals surface area contributed by atoms with Gasteiger partial charge in [-0.05, 0) is 57.4 Å². The highest BCUT2D eigenvalue weighted by Crippen LogP contribution is 2.24. The van der Waals surface area contributed by atoms with E-state index in [9.17, 15) is 4.79 Å². The summed E-state index contributed by atoms with van der Waals surface area (Å²) in [5, 5.41) is 4.59. The Morgan fingerprint density at radius 1 is 1.32 bits per heavy atom. The molecule has 0 saturated carbocycles. The van der Waals surface area contributed by atoms with Gasteiger partial charge in [0.1, 0.15) is 5.75 Å². The topological polar surface area (TPSA) is 50.7 Å². The van der Waals surface area contributed by atoms with Crippen molar-refractivity contribution in [3.63, 3.8) is 0 Å². The van der Waals surface area contributed by atoms with Gasteiger partial charge in [-0.2, -0.15) is 5.10 Å². The van der Waals surface area contributed by atoms with Gasteiger partial charge >= 0.3 is 0 Å². The number of nitrogens with zero attached hydrogens (tertiary/aromatic N) is 1. The lowest BCUT2D eigenvalue weighted by Crippen LogP contribution is -2.19. The molecule has 0 radical (unpaired) electrons. The molecule has 0 aliphatic rings. The smallest absolute Gasteiger partial charge is 0.244 e. The maximum Gasteiger partial charge on any atom is 0.244 e. The predicted octanol–water partition coefficient (Wildman–Crippen LogP) is 3.80. The van der Waals surface area contributed by atoms with Crippen LogP contribution in [0, 0.1) is 0 Å². The lowest BCUT2D eigenvalue weighted by Gasteiger charge is -2.03. The largest absolute Gasteiger partial charge is 0.496 e. The van der Waals surface area contributed by atoms with E-state index in [0.717, 1.165) is 21.3 Å². The van der Waals surface area contributed by atoms with Gasteiger partial charge in [-0.3, -0.25) is 4.79 Å². The third-order valence-corrected chi connectivity index (χ3v) is 3.73. The minimum Gasteiger partial charge on any atom is -0.496 e. The molecular formula is C16H14BrClN2O2. The molecule has 0 unspecified atom stereocenters. The van der Waals surface area contributed by atoms with E-state index in [1.165, 1.54) is 0 Å². The van der Waals surface area contributed by atoms with Gasteiger partial charge in [0, 0.05) is 5.02 Å². The molecule has 0 heterocycles. The Morgan fingerprint density at radius 3 is 2.68 bits per heavy atom. The van der Waals surface area contributed by atoms with Crippen LogP contribution in [0.25, 0.3) is 0 Å². The number of hydrogen-bond donors (Lipinski definition) is 1. The molecule has 0 bridgehead atoms. The molecule has 0 aliphatic heterocycles. The molecule has 0 spiro atoms. The first-order valence-electron chi connectivity index (χ1n) is 6.48. The summed E-state index contributed by atoms with van der Waals surface area (Å²) in [6.07, 6.45) is 1.82. The second-order valence-corrected chi connectivity index (χ2v) is 5.78. The molecule has 1 amide bonds. The number of benzene rings is 2. The van der Waals surface area contributed by atoms with Crippen molar-refractivity contribution in [2.24, 2.45) is 5.10 Å². The SMILES string of the molecule is COc1ccc(C=NNC(=O)Cc2ccc(Cl)cc2)cc1Br. The Balaban J connectivity index is 1.90. The van der Waals surface area contributed by atoms with E-state index in [2.05, 4.69) is 26.5 Å². The summed E-state index contributed by atoms with van der Waals surface area (Å²) in [6, 6.07) is 12.6. The Kier molecular flexibility index (Phi) is 5.98. The average molecular weight is 382 g/mol. The minimum atomic E-state index is -0.189. The molecule has 2 aromatic rings. The van der Waals surface area contributed by atoms with Crippen molar-refractivity contribution in [1.29, 1.82) is 0 Å². The van der Waals surface area contributed by atoms with Gasteiger partial charge < -0.3 is 4.74 Å². The summed E-state index contributed by atoms with van der Waals surface area (Å²) >= 11 is 9.19. The van der Waals surface area contributed by atoms with Crippen LogP contribution in [0.15, 0.2) is 52.0 Å². The van der Waals surface area contributed by atoms with Crippen LogP contribution >= 0.6 is 27.5 Å². The lowest BCUT2D eigenvalue weighted by atomic mass is 10.1. The first-order chi connectivity index (χ1) is 10.6. The number of rotatable bonds is 5. The summed E-state index contributed by atoms with van der Waals surface area (Å²) < 4.78 is 5.97. The normalized spacial score (nSPS) is 10.7. The maximum atomic E-state index is 11.8. The van der Waals surface area contributed by atoms with E-state index in [4.69, 9.17) is 16.3 Å². The summed E-state index contributed by atoms with van der Waals surface area (Å²) in [7, 11) is 1.60. The van der Waals surface area contributed by atoms with Gasteiger partial charge in [-0.15, -0.1) is 0 Å². The molecule has 0 aliphatic carbocycles. The summed E-state index contributed by atoms with van der Waals surface area (Å²) in [5.74, 6) is 0.551. The van der Waals surface area contributed by atoms with Crippen molar-refractivity contribution in [3.8, 4) is 5.75 Å². The standard InChI is InChI=1S/C16H14BrClN2O2/c1-22-15-7-4-12(8-14(15)17)10-19-20-16(21)9-11-2-5-13(18)6-3-11/h2-8,10H,9H2,1H3,(H,20,21). The van der Waals surface area contributed by atoms with E-state index in [1.807, 2.05) is 30.3 Å². The fourth-order valence-corrected chi connectivity index (χ4v) is 2.45. The number of hydrogen-bond acceptors (Lipinski definition) is 3. The summed E-state index contributed by atoms with van der Waals surface area (Å²) in [4.78, 5) is 11.8. The second kappa shape index (κ2) is 7.96. The van der Waals surface area contributed by atoms with Crippen LogP contribution in [0.2, 0.25) is 5.02 Å². The molecule has 2 rings (SSSR count). The van der Waals surface area contributed by atoms with Crippen LogP contribution < -0.4 is 10.2 Å². The van der Waals surface area contributed by atoms with Crippen molar-refractivity contribution in [2.45, 2.75) is 6.42 Å². The average Bonchev–Trinajstić information content (AvgIpc) is 2.50. The third kappa shape index (κ3) is 4.86. The molecule has 0 aromatic heterocycles. The zero-order valence-corrected chi connectivity index (χ0v) is 14.2. The fourth-order valence-electron chi connectivity index (χ4n) is 1.77. The molecule has 0 atom stereocenters. The van der Waals surface area contributed by atoms with Crippen molar-refractivity contribution in [1.82, 2.24) is 5.43 Å². The fraction of sp³-hybridized carbons (Fsp3) is 0.125. The van der Waals surface area contributed by atoms with Crippen molar-refractivity contribution in [2.75, 3.05) is 7.11 Å². The van der Waals surface area contributed by atoms with Crippen molar-refractivity contribution < 1.29 is 9.53 Å². The highest BCUT2D eigenvalue weighted by Gasteiger charge is 2.02. The number of carbonyl (C=O) groups excluding carboxylic acids is 1. The van der Waals surface area contributed by atoms with E-state index >= 15 is 0 Å². The number of amides is 1. The van der Waals surface area contributed by atoms with E-state index in [1.54, 1.807) is 25.5 Å². The van der Waals surface area contributed by atoms with Crippen LogP contribution in [-0.2, 0) is 11.2 Å². The first kappa shape index (κ1) is 16.5. The Morgan fingerprint density at radius 2 is 2.05 bits per heavy atom. The molecule has 6 heteroatoms. The van der Waals surface area contributed by atoms with Gasteiger partial charge in [-0.1, -0.05) is 23.7 Å². The van der Waals surface area contributed by atoms with Crippen LogP contribution in [0.3, 0.4) is 0 Å². The molecule has 4 nitrogen and oxygen atoms in total.